The molecule has 0 aromatic heterocycles. The van der Waals surface area contributed by atoms with Gasteiger partial charge in [-0.2, -0.15) is 0 Å². The Morgan fingerprint density at radius 2 is 1.42 bits per heavy atom. The molecule has 2 rings (SSSR count). The van der Waals surface area contributed by atoms with E-state index in [-0.39, 0.29) is 0 Å². The van der Waals surface area contributed by atoms with Crippen LogP contribution in [0, 0.1) is 6.92 Å². The van der Waals surface area contributed by atoms with Crippen LogP contribution in [0.25, 0.3) is 10.6 Å². The fourth-order valence-corrected chi connectivity index (χ4v) is 2.12. The van der Waals surface area contributed by atoms with Crippen LogP contribution in [0.1, 0.15) is 23.6 Å². The molecule has 0 bridgehead atoms. The van der Waals surface area contributed by atoms with Crippen molar-refractivity contribution in [2.24, 2.45) is 0 Å². The third kappa shape index (κ3) is 3.18. The van der Waals surface area contributed by atoms with E-state index in [0.717, 1.165) is 27.5 Å². The molecule has 19 heavy (non-hydrogen) atoms. The molecule has 0 saturated heterocycles. The number of hydrogen-bond acceptors (Lipinski definition) is 1. The number of ether oxygens (including phenoxy) is 1. The topological polar surface area (TPSA) is 9.23 Å². The first-order valence-corrected chi connectivity index (χ1v) is 6.57. The first-order valence-electron chi connectivity index (χ1n) is 6.19. The lowest BCUT2D eigenvalue weighted by molar-refractivity contribution is 0.415. The van der Waals surface area contributed by atoms with Crippen LogP contribution >= 0.6 is 11.6 Å². The molecule has 0 radical (unpaired) electrons. The molecule has 0 unspecified atom stereocenters. The van der Waals surface area contributed by atoms with Crippen LogP contribution < -0.4 is 4.74 Å². The van der Waals surface area contributed by atoms with Crippen molar-refractivity contribution in [3.63, 3.8) is 0 Å². The quantitative estimate of drug-likeness (QED) is 0.704. The molecule has 0 heterocycles. The van der Waals surface area contributed by atoms with Gasteiger partial charge < -0.3 is 4.74 Å². The third-order valence-electron chi connectivity index (χ3n) is 3.16. The highest BCUT2D eigenvalue weighted by atomic mass is 35.5. The van der Waals surface area contributed by atoms with E-state index >= 15 is 0 Å². The molecular formula is C17H17ClO. The number of benzene rings is 2. The molecule has 1 nitrogen and oxygen atoms in total. The van der Waals surface area contributed by atoms with Crippen LogP contribution in [-0.2, 0) is 0 Å². The molecule has 2 aromatic rings. The summed E-state index contributed by atoms with van der Waals surface area (Å²) in [6, 6.07) is 16.2. The molecule has 0 aliphatic carbocycles. The van der Waals surface area contributed by atoms with Gasteiger partial charge in [0.25, 0.3) is 0 Å². The van der Waals surface area contributed by atoms with Crippen LogP contribution in [0.2, 0.25) is 0 Å². The monoisotopic (exact) mass is 272 g/mol. The largest absolute Gasteiger partial charge is 0.497 e. The summed E-state index contributed by atoms with van der Waals surface area (Å²) in [7, 11) is 1.66. The van der Waals surface area contributed by atoms with Crippen molar-refractivity contribution in [2.45, 2.75) is 13.8 Å². The van der Waals surface area contributed by atoms with Gasteiger partial charge in [0.15, 0.2) is 0 Å². The summed E-state index contributed by atoms with van der Waals surface area (Å²) in [4.78, 5) is 0. The molecule has 2 heteroatoms. The highest BCUT2D eigenvalue weighted by Gasteiger charge is 2.05. The fraction of sp³-hybridized carbons (Fsp3) is 0.176. The Kier molecular flexibility index (Phi) is 4.28. The second kappa shape index (κ2) is 5.94. The molecular weight excluding hydrogens is 256 g/mol. The third-order valence-corrected chi connectivity index (χ3v) is 3.66. The number of methoxy groups -OCH3 is 1. The van der Waals surface area contributed by atoms with Gasteiger partial charge in [0.05, 0.1) is 12.1 Å². The van der Waals surface area contributed by atoms with Crippen molar-refractivity contribution in [3.8, 4) is 5.75 Å². The number of rotatable bonds is 3. The van der Waals surface area contributed by atoms with Gasteiger partial charge in [-0.05, 0) is 42.7 Å². The Labute approximate surface area is 119 Å². The smallest absolute Gasteiger partial charge is 0.118 e. The summed E-state index contributed by atoms with van der Waals surface area (Å²) in [5, 5.41) is 0.783. The number of aryl methyl sites for hydroxylation is 1. The molecule has 0 saturated carbocycles. The lowest BCUT2D eigenvalue weighted by Crippen LogP contribution is -1.87. The predicted molar refractivity (Wildman–Crippen MR) is 82.5 cm³/mol. The van der Waals surface area contributed by atoms with Gasteiger partial charge in [0.2, 0.25) is 0 Å². The van der Waals surface area contributed by atoms with Gasteiger partial charge >= 0.3 is 0 Å². The summed E-state index contributed by atoms with van der Waals surface area (Å²) in [6.45, 7) is 4.10. The minimum absolute atomic E-state index is 0.783. The average molecular weight is 273 g/mol. The maximum absolute atomic E-state index is 6.47. The standard InChI is InChI=1S/C17H17ClO/c1-12-4-6-15(7-5-12)17(18)13(2)14-8-10-16(19-3)11-9-14/h4-11H,1-3H3/b17-13-. The van der Waals surface area contributed by atoms with Gasteiger partial charge in [0, 0.05) is 0 Å². The van der Waals surface area contributed by atoms with Crippen molar-refractivity contribution in [1.29, 1.82) is 0 Å². The van der Waals surface area contributed by atoms with Crippen LogP contribution in [-0.4, -0.2) is 7.11 Å². The first-order chi connectivity index (χ1) is 9.11. The molecule has 2 aromatic carbocycles. The molecule has 0 atom stereocenters. The van der Waals surface area contributed by atoms with Crippen molar-refractivity contribution < 1.29 is 4.74 Å². The van der Waals surface area contributed by atoms with E-state index in [4.69, 9.17) is 16.3 Å². The summed E-state index contributed by atoms with van der Waals surface area (Å²) >= 11 is 6.47. The van der Waals surface area contributed by atoms with Crippen molar-refractivity contribution >= 4 is 22.2 Å². The van der Waals surface area contributed by atoms with Crippen LogP contribution in [0.3, 0.4) is 0 Å². The zero-order chi connectivity index (χ0) is 13.8. The van der Waals surface area contributed by atoms with Crippen LogP contribution in [0.4, 0.5) is 0 Å². The predicted octanol–water partition coefficient (Wildman–Crippen LogP) is 5.13. The van der Waals surface area contributed by atoms with Crippen molar-refractivity contribution in [3.05, 3.63) is 65.2 Å². The number of hydrogen-bond donors (Lipinski definition) is 0. The van der Waals surface area contributed by atoms with Gasteiger partial charge in [-0.25, -0.2) is 0 Å². The molecule has 98 valence electrons. The first kappa shape index (κ1) is 13.7. The normalized spacial score (nSPS) is 12.0. The van der Waals surface area contributed by atoms with Crippen LogP contribution in [0.5, 0.6) is 5.75 Å². The second-order valence-corrected chi connectivity index (χ2v) is 4.91. The van der Waals surface area contributed by atoms with E-state index in [1.807, 2.05) is 43.3 Å². The number of allylic oxidation sites excluding steroid dienone is 1. The SMILES string of the molecule is COc1ccc(/C(C)=C(\Cl)c2ccc(C)cc2)cc1. The zero-order valence-corrected chi connectivity index (χ0v) is 12.2. The summed E-state index contributed by atoms with van der Waals surface area (Å²) in [6.07, 6.45) is 0. The van der Waals surface area contributed by atoms with Crippen molar-refractivity contribution in [2.75, 3.05) is 7.11 Å². The highest BCUT2D eigenvalue weighted by Crippen LogP contribution is 2.30. The molecule has 0 N–H and O–H groups in total. The van der Waals surface area contributed by atoms with Gasteiger partial charge in [-0.15, -0.1) is 0 Å². The molecule has 0 spiro atoms. The summed E-state index contributed by atoms with van der Waals surface area (Å²) in [5.41, 5.74) is 4.44. The molecule has 0 aliphatic rings. The Morgan fingerprint density at radius 1 is 0.895 bits per heavy atom. The summed E-state index contributed by atoms with van der Waals surface area (Å²) in [5.74, 6) is 0.850. The Hall–Kier alpha value is -1.73. The minimum Gasteiger partial charge on any atom is -0.497 e. The highest BCUT2D eigenvalue weighted by molar-refractivity contribution is 6.52. The molecule has 0 aliphatic heterocycles. The maximum atomic E-state index is 6.47. The fourth-order valence-electron chi connectivity index (χ4n) is 1.88. The van der Waals surface area contributed by atoms with E-state index in [9.17, 15) is 0 Å². The molecule has 0 amide bonds. The maximum Gasteiger partial charge on any atom is 0.118 e. The number of halogens is 1. The lowest BCUT2D eigenvalue weighted by atomic mass is 10.0. The zero-order valence-electron chi connectivity index (χ0n) is 11.4. The minimum atomic E-state index is 0.783. The van der Waals surface area contributed by atoms with Crippen molar-refractivity contribution in [1.82, 2.24) is 0 Å². The van der Waals surface area contributed by atoms with E-state index in [1.54, 1.807) is 7.11 Å². The lowest BCUT2D eigenvalue weighted by Gasteiger charge is -2.08. The summed E-state index contributed by atoms with van der Waals surface area (Å²) < 4.78 is 5.16. The molecule has 0 fully saturated rings. The van der Waals surface area contributed by atoms with E-state index in [0.29, 0.717) is 0 Å². The van der Waals surface area contributed by atoms with Crippen LogP contribution in [0.15, 0.2) is 48.5 Å². The second-order valence-electron chi connectivity index (χ2n) is 4.53. The Bertz CT molecular complexity index is 580. The Morgan fingerprint density at radius 3 is 1.95 bits per heavy atom. The van der Waals surface area contributed by atoms with E-state index < -0.39 is 0 Å². The van der Waals surface area contributed by atoms with Gasteiger partial charge in [-0.3, -0.25) is 0 Å². The Balaban J connectivity index is 2.36. The average Bonchev–Trinajstić information content (AvgIpc) is 2.46. The van der Waals surface area contributed by atoms with E-state index in [2.05, 4.69) is 19.1 Å². The van der Waals surface area contributed by atoms with Gasteiger partial charge in [-0.1, -0.05) is 53.6 Å². The van der Waals surface area contributed by atoms with E-state index in [1.165, 1.54) is 5.56 Å². The van der Waals surface area contributed by atoms with Gasteiger partial charge in [0.1, 0.15) is 5.75 Å².